The van der Waals surface area contributed by atoms with Crippen LogP contribution < -0.4 is 25.3 Å². The number of anilines is 5. The summed E-state index contributed by atoms with van der Waals surface area (Å²) < 4.78 is 20.9. The first-order valence-electron chi connectivity index (χ1n) is 16.3. The van der Waals surface area contributed by atoms with Crippen molar-refractivity contribution in [3.63, 3.8) is 0 Å². The number of aromatic nitrogens is 2. The van der Waals surface area contributed by atoms with Crippen LogP contribution in [0.1, 0.15) is 42.9 Å². The van der Waals surface area contributed by atoms with Crippen molar-refractivity contribution in [2.45, 2.75) is 50.7 Å². The van der Waals surface area contributed by atoms with Crippen LogP contribution in [-0.4, -0.2) is 91.7 Å². The van der Waals surface area contributed by atoms with Crippen LogP contribution in [0.25, 0.3) is 0 Å². The van der Waals surface area contributed by atoms with Crippen LogP contribution in [-0.2, 0) is 9.63 Å². The van der Waals surface area contributed by atoms with Gasteiger partial charge in [0.15, 0.2) is 5.82 Å². The van der Waals surface area contributed by atoms with E-state index in [4.69, 9.17) is 9.57 Å². The molecule has 3 aliphatic heterocycles. The molecule has 0 saturated carbocycles. The van der Waals surface area contributed by atoms with Gasteiger partial charge < -0.3 is 25.2 Å². The number of likely N-dealkylation sites (tertiary alicyclic amines) is 1. The summed E-state index contributed by atoms with van der Waals surface area (Å²) in [6.07, 6.45) is 6.64. The molecule has 11 nitrogen and oxygen atoms in total. The van der Waals surface area contributed by atoms with E-state index in [2.05, 4.69) is 56.0 Å². The normalized spacial score (nSPS) is 20.6. The Hall–Kier alpha value is -4.26. The number of nitrogens with zero attached hydrogens (tertiary/aromatic N) is 6. The van der Waals surface area contributed by atoms with E-state index in [9.17, 15) is 4.79 Å². The van der Waals surface area contributed by atoms with Crippen molar-refractivity contribution in [2.75, 3.05) is 74.6 Å². The van der Waals surface area contributed by atoms with Crippen molar-refractivity contribution in [2.24, 2.45) is 0 Å². The molecule has 1 amide bonds. The largest absolute Gasteiger partial charge is 0.494 e. The third-order valence-electron chi connectivity index (χ3n) is 9.63. The van der Waals surface area contributed by atoms with Crippen LogP contribution in [0.4, 0.5) is 33.1 Å². The number of ether oxygens (including phenoxy) is 1. The number of piperidine rings is 1. The lowest BCUT2D eigenvalue weighted by molar-refractivity contribution is -0.111. The van der Waals surface area contributed by atoms with Gasteiger partial charge in [0.1, 0.15) is 23.7 Å². The number of aryl methyl sites for hydroxylation is 1. The minimum atomic E-state index is -0.323. The van der Waals surface area contributed by atoms with Crippen LogP contribution in [0.3, 0.4) is 0 Å². The maximum atomic E-state index is 15.1. The second-order valence-corrected chi connectivity index (χ2v) is 12.7. The Bertz CT molecular complexity index is 1590. The summed E-state index contributed by atoms with van der Waals surface area (Å²) in [4.78, 5) is 34.6. The number of halogens is 1. The van der Waals surface area contributed by atoms with Crippen molar-refractivity contribution in [3.05, 3.63) is 72.3 Å². The van der Waals surface area contributed by atoms with E-state index < -0.39 is 0 Å². The number of likely N-dealkylation sites (N-methyl/N-ethyl adjacent to an activating group) is 1. The topological polar surface area (TPSA) is 98.3 Å². The number of carbonyl (C=O) groups is 1. The molecule has 3 saturated heterocycles. The van der Waals surface area contributed by atoms with Crippen LogP contribution in [0, 0.1) is 12.7 Å². The van der Waals surface area contributed by atoms with E-state index >= 15 is 4.39 Å². The lowest BCUT2D eigenvalue weighted by atomic mass is 10.0. The molecule has 12 heteroatoms. The van der Waals surface area contributed by atoms with Crippen molar-refractivity contribution < 1.29 is 18.8 Å². The minimum Gasteiger partial charge on any atom is -0.494 e. The van der Waals surface area contributed by atoms with Gasteiger partial charge in [-0.1, -0.05) is 24.8 Å². The third kappa shape index (κ3) is 7.04. The standard InChI is InChI=1S/C35H45FN8O3/c1-6-34(45)40-27-18-28(31(46-5)19-30(27)42-14-10-24(11-15-42)43-16-12-25(21-43)41(3)4)39-32-20-33(38-22-37-32)44-29(13-17-47-44)26-9-7-8-23(2)35(26)36/h6-9,18-20,22,24-25,29H,1,10-17,21H2,2-5H3,(H,40,45)(H,37,38,39)/t25-,29+/m0/s1. The summed E-state index contributed by atoms with van der Waals surface area (Å²) in [5.41, 5.74) is 3.31. The first-order chi connectivity index (χ1) is 22.7. The molecule has 2 N–H and O–H groups in total. The number of benzene rings is 2. The van der Waals surface area contributed by atoms with Gasteiger partial charge in [-0.2, -0.15) is 0 Å². The van der Waals surface area contributed by atoms with E-state index in [1.165, 1.54) is 18.8 Å². The smallest absolute Gasteiger partial charge is 0.247 e. The van der Waals surface area contributed by atoms with E-state index in [-0.39, 0.29) is 17.8 Å². The van der Waals surface area contributed by atoms with Gasteiger partial charge >= 0.3 is 0 Å². The number of carbonyl (C=O) groups excluding carboxylic acids is 1. The summed E-state index contributed by atoms with van der Waals surface area (Å²) in [6.45, 7) is 9.84. The second-order valence-electron chi connectivity index (χ2n) is 12.7. The lowest BCUT2D eigenvalue weighted by Crippen LogP contribution is -2.45. The Balaban J connectivity index is 1.22. The van der Waals surface area contributed by atoms with Crippen LogP contribution in [0.5, 0.6) is 5.75 Å². The molecule has 0 radical (unpaired) electrons. The molecule has 250 valence electrons. The Morgan fingerprint density at radius 1 is 1.11 bits per heavy atom. The quantitative estimate of drug-likeness (QED) is 0.284. The zero-order chi connectivity index (χ0) is 33.1. The summed E-state index contributed by atoms with van der Waals surface area (Å²) in [6, 6.07) is 11.8. The lowest BCUT2D eigenvalue weighted by Gasteiger charge is -2.39. The van der Waals surface area contributed by atoms with Crippen molar-refractivity contribution >= 4 is 34.6 Å². The molecule has 2 aromatic carbocycles. The van der Waals surface area contributed by atoms with Gasteiger partial charge in [0, 0.05) is 62.4 Å². The third-order valence-corrected chi connectivity index (χ3v) is 9.63. The molecule has 2 atom stereocenters. The van der Waals surface area contributed by atoms with E-state index in [0.29, 0.717) is 65.0 Å². The van der Waals surface area contributed by atoms with Gasteiger partial charge in [0.2, 0.25) is 5.91 Å². The molecule has 3 aliphatic rings. The summed E-state index contributed by atoms with van der Waals surface area (Å²) in [7, 11) is 5.95. The fraction of sp³-hybridized carbons (Fsp3) is 0.457. The number of hydrogen-bond acceptors (Lipinski definition) is 10. The van der Waals surface area contributed by atoms with Crippen molar-refractivity contribution in [1.29, 1.82) is 0 Å². The Morgan fingerprint density at radius 2 is 1.91 bits per heavy atom. The highest BCUT2D eigenvalue weighted by atomic mass is 19.1. The molecule has 0 unspecified atom stereocenters. The number of hydroxylamine groups is 1. The van der Waals surface area contributed by atoms with Gasteiger partial charge in [-0.05, 0) is 58.0 Å². The average Bonchev–Trinajstić information content (AvgIpc) is 3.78. The highest BCUT2D eigenvalue weighted by molar-refractivity contribution is 6.02. The molecular formula is C35H45FN8O3. The molecular weight excluding hydrogens is 599 g/mol. The average molecular weight is 645 g/mol. The monoisotopic (exact) mass is 644 g/mol. The van der Waals surface area contributed by atoms with Gasteiger partial charge in [-0.3, -0.25) is 14.5 Å². The van der Waals surface area contributed by atoms with Gasteiger partial charge in [0.05, 0.1) is 36.8 Å². The first-order valence-corrected chi connectivity index (χ1v) is 16.3. The zero-order valence-electron chi connectivity index (χ0n) is 27.7. The van der Waals surface area contributed by atoms with E-state index in [1.54, 1.807) is 37.3 Å². The summed E-state index contributed by atoms with van der Waals surface area (Å²) >= 11 is 0. The van der Waals surface area contributed by atoms with Crippen molar-refractivity contribution in [3.8, 4) is 5.75 Å². The van der Waals surface area contributed by atoms with Crippen LogP contribution in [0.15, 0.2) is 55.4 Å². The van der Waals surface area contributed by atoms with E-state index in [1.807, 2.05) is 18.2 Å². The zero-order valence-corrected chi connectivity index (χ0v) is 27.7. The molecule has 0 aliphatic carbocycles. The second kappa shape index (κ2) is 14.2. The maximum Gasteiger partial charge on any atom is 0.247 e. The van der Waals surface area contributed by atoms with Crippen molar-refractivity contribution in [1.82, 2.24) is 19.8 Å². The SMILES string of the molecule is C=CC(=O)Nc1cc(Nc2cc(N3OCC[C@@H]3c3cccc(C)c3F)ncn2)c(OC)cc1N1CCC(N2CC[C@H](N(C)C)C2)CC1. The van der Waals surface area contributed by atoms with E-state index in [0.717, 1.165) is 44.7 Å². The Kier molecular flexibility index (Phi) is 9.90. The molecule has 6 rings (SSSR count). The molecule has 0 spiro atoms. The number of rotatable bonds is 10. The number of methoxy groups -OCH3 is 1. The number of hydrogen-bond donors (Lipinski definition) is 2. The Labute approximate surface area is 276 Å². The van der Waals surface area contributed by atoms with Gasteiger partial charge in [-0.25, -0.2) is 19.4 Å². The molecule has 3 aromatic rings. The van der Waals surface area contributed by atoms with Crippen LogP contribution >= 0.6 is 0 Å². The molecule has 1 aromatic heterocycles. The highest BCUT2D eigenvalue weighted by Crippen LogP contribution is 2.41. The predicted molar refractivity (Wildman–Crippen MR) is 183 cm³/mol. The first kappa shape index (κ1) is 32.7. The molecule has 3 fully saturated rings. The van der Waals surface area contributed by atoms with Crippen LogP contribution in [0.2, 0.25) is 0 Å². The molecule has 0 bridgehead atoms. The highest BCUT2D eigenvalue weighted by Gasteiger charge is 2.33. The Morgan fingerprint density at radius 3 is 2.64 bits per heavy atom. The summed E-state index contributed by atoms with van der Waals surface area (Å²) in [5, 5.41) is 7.99. The van der Waals surface area contributed by atoms with Gasteiger partial charge in [0.25, 0.3) is 0 Å². The van der Waals surface area contributed by atoms with Gasteiger partial charge in [-0.15, -0.1) is 0 Å². The summed E-state index contributed by atoms with van der Waals surface area (Å²) in [5.74, 6) is 1.05. The number of amides is 1. The fourth-order valence-electron chi connectivity index (χ4n) is 6.95. The maximum absolute atomic E-state index is 15.1. The molecule has 47 heavy (non-hydrogen) atoms. The fourth-order valence-corrected chi connectivity index (χ4v) is 6.95. The minimum absolute atomic E-state index is 0.238. The molecule has 4 heterocycles. The predicted octanol–water partition coefficient (Wildman–Crippen LogP) is 5.29. The number of nitrogens with one attached hydrogen (secondary N) is 2.